The molecule has 0 N–H and O–H groups in total. The second-order valence-corrected chi connectivity index (χ2v) is 9.67. The molecule has 0 aromatic carbocycles. The highest BCUT2D eigenvalue weighted by Crippen LogP contribution is 2.39. The van der Waals surface area contributed by atoms with Crippen LogP contribution in [0.2, 0.25) is 0 Å². The minimum Gasteiger partial charge on any atom is -0.308 e. The molecule has 1 saturated heterocycles. The predicted octanol–water partition coefficient (Wildman–Crippen LogP) is 5.22. The average molecular weight is 439 g/mol. The second-order valence-electron chi connectivity index (χ2n) is 7.58. The van der Waals surface area contributed by atoms with E-state index in [1.165, 1.54) is 28.6 Å². The van der Waals surface area contributed by atoms with Gasteiger partial charge in [-0.15, -0.1) is 11.3 Å². The topological polar surface area (TPSA) is 61.4 Å². The molecule has 1 fully saturated rings. The standard InChI is InChI=1S/C23H26N4OS2/c1-5-25-23-26(6-2)21(28)20(30-23)12-16-11-14(3)27(15(16)4)22-18(13-24)17-9-7-8-10-19(17)29-22/h11-12H,5-10H2,1-4H3/b20-12+,25-23?. The van der Waals surface area contributed by atoms with Crippen molar-refractivity contribution >= 4 is 40.2 Å². The molecule has 0 spiro atoms. The summed E-state index contributed by atoms with van der Waals surface area (Å²) in [7, 11) is 0. The van der Waals surface area contributed by atoms with Crippen molar-refractivity contribution < 1.29 is 4.79 Å². The van der Waals surface area contributed by atoms with Gasteiger partial charge in [0.25, 0.3) is 5.91 Å². The molecule has 1 amide bonds. The minimum atomic E-state index is 0.0174. The van der Waals surface area contributed by atoms with Crippen molar-refractivity contribution in [2.24, 2.45) is 4.99 Å². The van der Waals surface area contributed by atoms with Crippen LogP contribution < -0.4 is 0 Å². The largest absolute Gasteiger partial charge is 0.308 e. The van der Waals surface area contributed by atoms with Crippen molar-refractivity contribution in [1.29, 1.82) is 5.26 Å². The van der Waals surface area contributed by atoms with E-state index in [1.54, 1.807) is 16.2 Å². The van der Waals surface area contributed by atoms with E-state index in [4.69, 9.17) is 0 Å². The van der Waals surface area contributed by atoms with Crippen LogP contribution in [0.5, 0.6) is 0 Å². The van der Waals surface area contributed by atoms with E-state index in [0.717, 1.165) is 51.9 Å². The predicted molar refractivity (Wildman–Crippen MR) is 125 cm³/mol. The van der Waals surface area contributed by atoms with E-state index in [1.807, 2.05) is 19.9 Å². The fraction of sp³-hybridized carbons (Fsp3) is 0.435. The summed E-state index contributed by atoms with van der Waals surface area (Å²) in [4.78, 5) is 21.1. The van der Waals surface area contributed by atoms with Crippen LogP contribution in [-0.4, -0.2) is 33.6 Å². The zero-order valence-corrected chi connectivity index (χ0v) is 19.5. The number of carbonyl (C=O) groups is 1. The molecule has 0 atom stereocenters. The Morgan fingerprint density at radius 2 is 2.03 bits per heavy atom. The summed E-state index contributed by atoms with van der Waals surface area (Å²) >= 11 is 3.20. The smallest absolute Gasteiger partial charge is 0.266 e. The maximum Gasteiger partial charge on any atom is 0.266 e. The van der Waals surface area contributed by atoms with E-state index < -0.39 is 0 Å². The van der Waals surface area contributed by atoms with E-state index in [-0.39, 0.29) is 5.91 Å². The summed E-state index contributed by atoms with van der Waals surface area (Å²) in [6.07, 6.45) is 6.42. The molecule has 3 heterocycles. The van der Waals surface area contributed by atoms with Gasteiger partial charge < -0.3 is 4.57 Å². The number of thioether (sulfide) groups is 1. The molecule has 2 aromatic rings. The van der Waals surface area contributed by atoms with Gasteiger partial charge in [0.2, 0.25) is 0 Å². The number of hydrogen-bond donors (Lipinski definition) is 0. The van der Waals surface area contributed by atoms with Crippen LogP contribution in [0.4, 0.5) is 0 Å². The van der Waals surface area contributed by atoms with Crippen molar-refractivity contribution in [3.05, 3.63) is 43.9 Å². The highest BCUT2D eigenvalue weighted by Gasteiger charge is 2.32. The lowest BCUT2D eigenvalue weighted by atomic mass is 9.96. The molecular formula is C23H26N4OS2. The normalized spacial score (nSPS) is 19.0. The van der Waals surface area contributed by atoms with Crippen molar-refractivity contribution in [2.45, 2.75) is 53.4 Å². The zero-order chi connectivity index (χ0) is 21.4. The highest BCUT2D eigenvalue weighted by molar-refractivity contribution is 8.18. The molecule has 0 bridgehead atoms. The van der Waals surface area contributed by atoms with Crippen LogP contribution in [0.15, 0.2) is 16.0 Å². The van der Waals surface area contributed by atoms with E-state index in [0.29, 0.717) is 18.0 Å². The lowest BCUT2D eigenvalue weighted by Crippen LogP contribution is -2.28. The molecular weight excluding hydrogens is 412 g/mol. The lowest BCUT2D eigenvalue weighted by Gasteiger charge is -2.11. The molecule has 1 aliphatic heterocycles. The summed E-state index contributed by atoms with van der Waals surface area (Å²) in [5.41, 5.74) is 5.24. The average Bonchev–Trinajstić information content (AvgIpc) is 3.33. The molecule has 7 heteroatoms. The second kappa shape index (κ2) is 8.44. The summed E-state index contributed by atoms with van der Waals surface area (Å²) < 4.78 is 2.19. The number of amides is 1. The number of amidine groups is 1. The third-order valence-electron chi connectivity index (χ3n) is 5.72. The van der Waals surface area contributed by atoms with Gasteiger partial charge in [-0.25, -0.2) is 0 Å². The molecule has 1 aliphatic carbocycles. The Labute approximate surface area is 186 Å². The molecule has 0 saturated carbocycles. The van der Waals surface area contributed by atoms with E-state index >= 15 is 0 Å². The number of likely N-dealkylation sites (N-methyl/N-ethyl adjacent to an activating group) is 1. The Kier molecular flexibility index (Phi) is 5.90. The highest BCUT2D eigenvalue weighted by atomic mass is 32.2. The van der Waals surface area contributed by atoms with Gasteiger partial charge in [-0.2, -0.15) is 5.26 Å². The first-order chi connectivity index (χ1) is 14.5. The molecule has 5 nitrogen and oxygen atoms in total. The number of aliphatic imine (C=N–C) groups is 1. The van der Waals surface area contributed by atoms with Crippen molar-refractivity contribution in [1.82, 2.24) is 9.47 Å². The van der Waals surface area contributed by atoms with Gasteiger partial charge in [0.15, 0.2) is 5.17 Å². The van der Waals surface area contributed by atoms with Gasteiger partial charge in [0.05, 0.1) is 10.5 Å². The Bertz CT molecular complexity index is 1110. The summed E-state index contributed by atoms with van der Waals surface area (Å²) in [6, 6.07) is 4.59. The van der Waals surface area contributed by atoms with Crippen molar-refractivity contribution in [3.8, 4) is 11.1 Å². The molecule has 30 heavy (non-hydrogen) atoms. The van der Waals surface area contributed by atoms with Gasteiger partial charge in [-0.3, -0.25) is 14.7 Å². The number of thiophene rings is 1. The third-order valence-corrected chi connectivity index (χ3v) is 8.04. The van der Waals surface area contributed by atoms with Gasteiger partial charge >= 0.3 is 0 Å². The fourth-order valence-electron chi connectivity index (χ4n) is 4.25. The minimum absolute atomic E-state index is 0.0174. The van der Waals surface area contributed by atoms with Gasteiger partial charge in [-0.1, -0.05) is 0 Å². The summed E-state index contributed by atoms with van der Waals surface area (Å²) in [5, 5.41) is 11.7. The van der Waals surface area contributed by atoms with Gasteiger partial charge in [-0.05, 0) is 88.4 Å². The zero-order valence-electron chi connectivity index (χ0n) is 17.9. The van der Waals surface area contributed by atoms with E-state index in [9.17, 15) is 10.1 Å². The Morgan fingerprint density at radius 1 is 1.27 bits per heavy atom. The lowest BCUT2D eigenvalue weighted by molar-refractivity contribution is -0.122. The Hall–Kier alpha value is -2.30. The third kappa shape index (κ3) is 3.42. The van der Waals surface area contributed by atoms with Crippen LogP contribution in [0.3, 0.4) is 0 Å². The maximum absolute atomic E-state index is 12.8. The summed E-state index contributed by atoms with van der Waals surface area (Å²) in [5.74, 6) is 0.0174. The van der Waals surface area contributed by atoms with Crippen LogP contribution >= 0.6 is 23.1 Å². The quantitative estimate of drug-likeness (QED) is 0.615. The Balaban J connectivity index is 1.77. The number of aromatic nitrogens is 1. The van der Waals surface area contributed by atoms with E-state index in [2.05, 4.69) is 35.5 Å². The molecule has 2 aliphatic rings. The Morgan fingerprint density at radius 3 is 2.73 bits per heavy atom. The number of nitriles is 1. The first kappa shape index (κ1) is 21.0. The number of rotatable bonds is 4. The molecule has 4 rings (SSSR count). The fourth-order valence-corrected chi connectivity index (χ4v) is 6.80. The number of fused-ring (bicyclic) bond motifs is 1. The molecule has 0 radical (unpaired) electrons. The molecule has 2 aromatic heterocycles. The number of carbonyl (C=O) groups excluding carboxylic acids is 1. The first-order valence-corrected chi connectivity index (χ1v) is 12.1. The first-order valence-electron chi connectivity index (χ1n) is 10.5. The summed E-state index contributed by atoms with van der Waals surface area (Å²) in [6.45, 7) is 9.37. The number of aryl methyl sites for hydroxylation is 2. The van der Waals surface area contributed by atoms with Crippen LogP contribution in [0.1, 0.15) is 59.6 Å². The molecule has 156 valence electrons. The van der Waals surface area contributed by atoms with Crippen molar-refractivity contribution in [3.63, 3.8) is 0 Å². The van der Waals surface area contributed by atoms with Crippen molar-refractivity contribution in [2.75, 3.05) is 13.1 Å². The van der Waals surface area contributed by atoms with Crippen LogP contribution in [-0.2, 0) is 17.6 Å². The van der Waals surface area contributed by atoms with Crippen LogP contribution in [0, 0.1) is 25.2 Å². The van der Waals surface area contributed by atoms with Gasteiger partial charge in [0, 0.05) is 29.4 Å². The monoisotopic (exact) mass is 438 g/mol. The maximum atomic E-state index is 12.8. The molecule has 0 unspecified atom stereocenters. The van der Waals surface area contributed by atoms with Gasteiger partial charge in [0.1, 0.15) is 11.1 Å². The van der Waals surface area contributed by atoms with Crippen LogP contribution in [0.25, 0.3) is 11.1 Å². The SMILES string of the molecule is CCN=C1S/C(=C/c2cc(C)n(-c3sc4c(c3C#N)CCCC4)c2C)C(=O)N1CC. The number of nitrogens with zero attached hydrogens (tertiary/aromatic N) is 4. The number of hydrogen-bond acceptors (Lipinski definition) is 5.